The van der Waals surface area contributed by atoms with E-state index in [1.807, 2.05) is 13.1 Å². The van der Waals surface area contributed by atoms with Gasteiger partial charge < -0.3 is 9.80 Å². The van der Waals surface area contributed by atoms with E-state index in [9.17, 15) is 4.79 Å². The second-order valence-electron chi connectivity index (χ2n) is 6.33. The zero-order valence-corrected chi connectivity index (χ0v) is 13.0. The normalized spacial score (nSPS) is 23.7. The second kappa shape index (κ2) is 6.60. The Morgan fingerprint density at radius 2 is 2.00 bits per heavy atom. The molecule has 1 atom stereocenters. The van der Waals surface area contributed by atoms with Crippen LogP contribution in [0.2, 0.25) is 0 Å². The van der Waals surface area contributed by atoms with Gasteiger partial charge in [0, 0.05) is 32.4 Å². The van der Waals surface area contributed by atoms with Crippen LogP contribution in [0, 0.1) is 0 Å². The van der Waals surface area contributed by atoms with Gasteiger partial charge in [-0.25, -0.2) is 0 Å². The van der Waals surface area contributed by atoms with Gasteiger partial charge in [-0.1, -0.05) is 0 Å². The highest BCUT2D eigenvalue weighted by atomic mass is 16.2. The van der Waals surface area contributed by atoms with Gasteiger partial charge >= 0.3 is 0 Å². The Bertz CT molecular complexity index is 478. The first-order valence-electron chi connectivity index (χ1n) is 8.27. The van der Waals surface area contributed by atoms with Crippen LogP contribution in [0.15, 0.2) is 12.3 Å². The molecule has 0 aromatic carbocycles. The molecule has 0 unspecified atom stereocenters. The van der Waals surface area contributed by atoms with Crippen LogP contribution < -0.4 is 0 Å². The van der Waals surface area contributed by atoms with Crippen molar-refractivity contribution in [3.05, 3.63) is 18.0 Å². The summed E-state index contributed by atoms with van der Waals surface area (Å²) in [5, 5.41) is 4.13. The molecule has 21 heavy (non-hydrogen) atoms. The van der Waals surface area contributed by atoms with Gasteiger partial charge in [-0.15, -0.1) is 0 Å². The van der Waals surface area contributed by atoms with E-state index in [0.29, 0.717) is 11.7 Å². The number of rotatable bonds is 4. The number of hydrogen-bond acceptors (Lipinski definition) is 3. The molecule has 2 saturated heterocycles. The fraction of sp³-hybridized carbons (Fsp3) is 0.750. The summed E-state index contributed by atoms with van der Waals surface area (Å²) in [6, 6.07) is 2.23. The van der Waals surface area contributed by atoms with Crippen LogP contribution in [-0.4, -0.2) is 57.7 Å². The molecular formula is C16H26N4O. The van der Waals surface area contributed by atoms with Crippen molar-refractivity contribution in [2.45, 2.75) is 44.6 Å². The van der Waals surface area contributed by atoms with Gasteiger partial charge in [0.25, 0.3) is 5.91 Å². The fourth-order valence-electron chi connectivity index (χ4n) is 3.64. The van der Waals surface area contributed by atoms with Crippen molar-refractivity contribution in [1.82, 2.24) is 19.6 Å². The smallest absolute Gasteiger partial charge is 0.272 e. The lowest BCUT2D eigenvalue weighted by atomic mass is 9.98. The predicted octanol–water partition coefficient (Wildman–Crippen LogP) is 1.90. The number of nitrogens with zero attached hydrogens (tertiary/aromatic N) is 4. The summed E-state index contributed by atoms with van der Waals surface area (Å²) in [4.78, 5) is 17.4. The molecule has 116 valence electrons. The lowest BCUT2D eigenvalue weighted by molar-refractivity contribution is 0.0576. The number of carbonyl (C=O) groups excluding carboxylic acids is 1. The third-order valence-electron chi connectivity index (χ3n) is 4.91. The zero-order valence-electron chi connectivity index (χ0n) is 13.0. The Morgan fingerprint density at radius 3 is 2.71 bits per heavy atom. The average molecular weight is 290 g/mol. The Kier molecular flexibility index (Phi) is 4.58. The fourth-order valence-corrected chi connectivity index (χ4v) is 3.64. The SMILES string of the molecule is Cn1nccc1C(=O)N1CCCC[C@H]1CCN1CCCC1. The maximum Gasteiger partial charge on any atom is 0.272 e. The van der Waals surface area contributed by atoms with Crippen molar-refractivity contribution in [2.75, 3.05) is 26.2 Å². The summed E-state index contributed by atoms with van der Waals surface area (Å²) >= 11 is 0. The summed E-state index contributed by atoms with van der Waals surface area (Å²) in [6.07, 6.45) is 9.02. The molecule has 1 aromatic heterocycles. The molecule has 0 aliphatic carbocycles. The molecule has 0 bridgehead atoms. The van der Waals surface area contributed by atoms with Crippen molar-refractivity contribution in [2.24, 2.45) is 7.05 Å². The van der Waals surface area contributed by atoms with E-state index in [0.717, 1.165) is 32.4 Å². The molecule has 3 heterocycles. The van der Waals surface area contributed by atoms with Gasteiger partial charge in [0.05, 0.1) is 0 Å². The van der Waals surface area contributed by atoms with Crippen LogP contribution in [0.25, 0.3) is 0 Å². The van der Waals surface area contributed by atoms with E-state index in [1.54, 1.807) is 10.9 Å². The van der Waals surface area contributed by atoms with Crippen LogP contribution in [0.4, 0.5) is 0 Å². The van der Waals surface area contributed by atoms with Gasteiger partial charge in [0.1, 0.15) is 5.69 Å². The van der Waals surface area contributed by atoms with Crippen molar-refractivity contribution < 1.29 is 4.79 Å². The van der Waals surface area contributed by atoms with E-state index >= 15 is 0 Å². The summed E-state index contributed by atoms with van der Waals surface area (Å²) in [6.45, 7) is 4.51. The van der Waals surface area contributed by atoms with Crippen molar-refractivity contribution in [3.63, 3.8) is 0 Å². The molecule has 0 N–H and O–H groups in total. The monoisotopic (exact) mass is 290 g/mol. The van der Waals surface area contributed by atoms with E-state index in [-0.39, 0.29) is 5.91 Å². The Balaban J connectivity index is 1.63. The minimum Gasteiger partial charge on any atom is -0.334 e. The van der Waals surface area contributed by atoms with Gasteiger partial charge in [-0.3, -0.25) is 9.48 Å². The molecule has 5 nitrogen and oxygen atoms in total. The number of carbonyl (C=O) groups is 1. The largest absolute Gasteiger partial charge is 0.334 e. The molecule has 0 saturated carbocycles. The molecule has 1 amide bonds. The van der Waals surface area contributed by atoms with E-state index in [2.05, 4.69) is 14.9 Å². The number of aromatic nitrogens is 2. The Hall–Kier alpha value is -1.36. The Morgan fingerprint density at radius 1 is 1.24 bits per heavy atom. The molecule has 0 spiro atoms. The summed E-state index contributed by atoms with van der Waals surface area (Å²) in [5.74, 6) is 0.154. The molecule has 0 radical (unpaired) electrons. The molecule has 1 aromatic rings. The summed E-state index contributed by atoms with van der Waals surface area (Å²) in [7, 11) is 1.84. The topological polar surface area (TPSA) is 41.4 Å². The van der Waals surface area contributed by atoms with Crippen LogP contribution in [0.5, 0.6) is 0 Å². The molecular weight excluding hydrogens is 264 g/mol. The van der Waals surface area contributed by atoms with E-state index < -0.39 is 0 Å². The second-order valence-corrected chi connectivity index (χ2v) is 6.33. The lowest BCUT2D eigenvalue weighted by Gasteiger charge is -2.36. The number of aryl methyl sites for hydroxylation is 1. The highest BCUT2D eigenvalue weighted by Crippen LogP contribution is 2.23. The van der Waals surface area contributed by atoms with Crippen LogP contribution in [0.1, 0.15) is 49.0 Å². The van der Waals surface area contributed by atoms with Crippen molar-refractivity contribution in [3.8, 4) is 0 Å². The number of piperidine rings is 1. The van der Waals surface area contributed by atoms with Gasteiger partial charge in [-0.05, 0) is 57.7 Å². The van der Waals surface area contributed by atoms with Gasteiger partial charge in [0.15, 0.2) is 0 Å². The third kappa shape index (κ3) is 3.28. The molecule has 2 fully saturated rings. The van der Waals surface area contributed by atoms with Gasteiger partial charge in [-0.2, -0.15) is 5.10 Å². The number of likely N-dealkylation sites (tertiary alicyclic amines) is 2. The minimum absolute atomic E-state index is 0.154. The zero-order chi connectivity index (χ0) is 14.7. The van der Waals surface area contributed by atoms with Crippen LogP contribution >= 0.6 is 0 Å². The first-order valence-corrected chi connectivity index (χ1v) is 8.27. The third-order valence-corrected chi connectivity index (χ3v) is 4.91. The first-order chi connectivity index (χ1) is 10.3. The maximum absolute atomic E-state index is 12.7. The Labute approximate surface area is 126 Å². The quantitative estimate of drug-likeness (QED) is 0.850. The van der Waals surface area contributed by atoms with Crippen molar-refractivity contribution in [1.29, 1.82) is 0 Å². The van der Waals surface area contributed by atoms with E-state index in [1.165, 1.54) is 32.4 Å². The number of hydrogen-bond donors (Lipinski definition) is 0. The van der Waals surface area contributed by atoms with E-state index in [4.69, 9.17) is 0 Å². The average Bonchev–Trinajstić information content (AvgIpc) is 3.16. The molecule has 2 aliphatic rings. The lowest BCUT2D eigenvalue weighted by Crippen LogP contribution is -2.45. The van der Waals surface area contributed by atoms with Crippen LogP contribution in [0.3, 0.4) is 0 Å². The standard InChI is InChI=1S/C16H26N4O/c1-18-15(7-9-17-18)16(21)20-12-3-2-6-14(20)8-13-19-10-4-5-11-19/h7,9,14H,2-6,8,10-13H2,1H3/t14-/m0/s1. The van der Waals surface area contributed by atoms with Crippen LogP contribution in [-0.2, 0) is 7.05 Å². The minimum atomic E-state index is 0.154. The van der Waals surface area contributed by atoms with Gasteiger partial charge in [0.2, 0.25) is 0 Å². The molecule has 2 aliphatic heterocycles. The molecule has 3 rings (SSSR count). The highest BCUT2D eigenvalue weighted by molar-refractivity contribution is 5.92. The highest BCUT2D eigenvalue weighted by Gasteiger charge is 2.29. The maximum atomic E-state index is 12.7. The number of amides is 1. The first kappa shape index (κ1) is 14.6. The molecule has 5 heteroatoms. The van der Waals surface area contributed by atoms with Crippen molar-refractivity contribution >= 4 is 5.91 Å². The summed E-state index contributed by atoms with van der Waals surface area (Å²) < 4.78 is 1.69. The predicted molar refractivity (Wildman–Crippen MR) is 82.2 cm³/mol. The summed E-state index contributed by atoms with van der Waals surface area (Å²) in [5.41, 5.74) is 0.711.